The van der Waals surface area contributed by atoms with Gasteiger partial charge in [0.05, 0.1) is 16.5 Å². The van der Waals surface area contributed by atoms with Crippen molar-refractivity contribution < 1.29 is 27.9 Å². The number of benzene rings is 1. The molecule has 1 unspecified atom stereocenters. The minimum Gasteiger partial charge on any atom is -0.387 e. The van der Waals surface area contributed by atoms with Crippen molar-refractivity contribution >= 4 is 23.0 Å². The van der Waals surface area contributed by atoms with Crippen molar-refractivity contribution in [2.24, 2.45) is 0 Å². The monoisotopic (exact) mass is 371 g/mol. The van der Waals surface area contributed by atoms with Crippen LogP contribution in [0.4, 0.5) is 13.2 Å². The second-order valence-electron chi connectivity index (χ2n) is 5.31. The van der Waals surface area contributed by atoms with Gasteiger partial charge in [0.25, 0.3) is 0 Å². The van der Waals surface area contributed by atoms with E-state index in [1.807, 2.05) is 0 Å². The van der Waals surface area contributed by atoms with Gasteiger partial charge in [-0.1, -0.05) is 24.3 Å². The van der Waals surface area contributed by atoms with Crippen molar-refractivity contribution in [1.82, 2.24) is 5.32 Å². The van der Waals surface area contributed by atoms with Crippen LogP contribution in [-0.4, -0.2) is 23.3 Å². The lowest BCUT2D eigenvalue weighted by Gasteiger charge is -2.17. The zero-order valence-electron chi connectivity index (χ0n) is 13.0. The van der Waals surface area contributed by atoms with E-state index in [1.54, 1.807) is 17.5 Å². The number of amides is 1. The molecule has 0 fully saturated rings. The molecule has 25 heavy (non-hydrogen) atoms. The maximum atomic E-state index is 12.9. The number of alkyl halides is 3. The van der Waals surface area contributed by atoms with Crippen LogP contribution in [-0.2, 0) is 11.0 Å². The van der Waals surface area contributed by atoms with Gasteiger partial charge in [0.2, 0.25) is 5.91 Å². The standard InChI is InChI=1S/C17H16F3NO3S/c18-17(19,20)12-5-2-1-4-11(12)14(23)10-21-16(24)8-7-13(22)15-6-3-9-25-15/h1-6,9,14,23H,7-8,10H2,(H,21,24). The minimum absolute atomic E-state index is 0.00157. The van der Waals surface area contributed by atoms with E-state index in [2.05, 4.69) is 5.32 Å². The van der Waals surface area contributed by atoms with Gasteiger partial charge in [-0.2, -0.15) is 13.2 Å². The van der Waals surface area contributed by atoms with Crippen molar-refractivity contribution in [1.29, 1.82) is 0 Å². The molecule has 0 bridgehead atoms. The Balaban J connectivity index is 1.87. The number of carbonyl (C=O) groups excluding carboxylic acids is 2. The highest BCUT2D eigenvalue weighted by molar-refractivity contribution is 7.12. The summed E-state index contributed by atoms with van der Waals surface area (Å²) < 4.78 is 38.8. The van der Waals surface area contributed by atoms with E-state index in [4.69, 9.17) is 0 Å². The molecular weight excluding hydrogens is 355 g/mol. The number of thiophene rings is 1. The lowest BCUT2D eigenvalue weighted by atomic mass is 10.0. The smallest absolute Gasteiger partial charge is 0.387 e. The molecular formula is C17H16F3NO3S. The van der Waals surface area contributed by atoms with E-state index >= 15 is 0 Å². The Morgan fingerprint density at radius 2 is 1.84 bits per heavy atom. The van der Waals surface area contributed by atoms with Crippen LogP contribution in [0.1, 0.15) is 39.7 Å². The maximum absolute atomic E-state index is 12.9. The molecule has 1 atom stereocenters. The van der Waals surface area contributed by atoms with Crippen LogP contribution in [0.15, 0.2) is 41.8 Å². The molecule has 0 aliphatic heterocycles. The number of rotatable bonds is 7. The summed E-state index contributed by atoms with van der Waals surface area (Å²) in [5.74, 6) is -0.679. The number of carbonyl (C=O) groups is 2. The van der Waals surface area contributed by atoms with E-state index in [-0.39, 0.29) is 30.7 Å². The maximum Gasteiger partial charge on any atom is 0.416 e. The first-order valence-corrected chi connectivity index (χ1v) is 8.34. The first kappa shape index (κ1) is 19.1. The number of nitrogens with one attached hydrogen (secondary N) is 1. The summed E-state index contributed by atoms with van der Waals surface area (Å²) in [6.45, 7) is -0.362. The molecule has 1 amide bonds. The van der Waals surface area contributed by atoms with E-state index < -0.39 is 23.8 Å². The topological polar surface area (TPSA) is 66.4 Å². The van der Waals surface area contributed by atoms with Crippen LogP contribution >= 0.6 is 11.3 Å². The average Bonchev–Trinajstić information content (AvgIpc) is 3.11. The van der Waals surface area contributed by atoms with Gasteiger partial charge in [0, 0.05) is 19.4 Å². The van der Waals surface area contributed by atoms with Gasteiger partial charge in [0.15, 0.2) is 5.78 Å². The van der Waals surface area contributed by atoms with E-state index in [0.29, 0.717) is 4.88 Å². The Hall–Kier alpha value is -2.19. The summed E-state index contributed by atoms with van der Waals surface area (Å²) in [7, 11) is 0. The van der Waals surface area contributed by atoms with E-state index in [0.717, 1.165) is 6.07 Å². The summed E-state index contributed by atoms with van der Waals surface area (Å²) in [5.41, 5.74) is -1.24. The number of aliphatic hydroxyl groups excluding tert-OH is 1. The lowest BCUT2D eigenvalue weighted by Crippen LogP contribution is -2.29. The highest BCUT2D eigenvalue weighted by atomic mass is 32.1. The lowest BCUT2D eigenvalue weighted by molar-refractivity contribution is -0.139. The second kappa shape index (κ2) is 8.26. The summed E-state index contributed by atoms with van der Waals surface area (Å²) in [6.07, 6.45) is -6.17. The Morgan fingerprint density at radius 3 is 2.48 bits per heavy atom. The molecule has 2 N–H and O–H groups in total. The fourth-order valence-corrected chi connectivity index (χ4v) is 2.94. The molecule has 0 spiro atoms. The van der Waals surface area contributed by atoms with Gasteiger partial charge in [-0.05, 0) is 23.1 Å². The van der Waals surface area contributed by atoms with Crippen LogP contribution in [0, 0.1) is 0 Å². The molecule has 0 aliphatic rings. The molecule has 1 heterocycles. The largest absolute Gasteiger partial charge is 0.416 e. The summed E-state index contributed by atoms with van der Waals surface area (Å²) >= 11 is 1.27. The molecule has 1 aromatic heterocycles. The quantitative estimate of drug-likeness (QED) is 0.731. The van der Waals surface area contributed by atoms with Crippen molar-refractivity contribution in [3.8, 4) is 0 Å². The third-order valence-electron chi connectivity index (χ3n) is 3.49. The molecule has 0 radical (unpaired) electrons. The number of Topliss-reactive ketones (excluding diaryl/α,β-unsaturated/α-hetero) is 1. The Kier molecular flexibility index (Phi) is 6.33. The summed E-state index contributed by atoms with van der Waals surface area (Å²) in [4.78, 5) is 24.1. The number of ketones is 1. The molecule has 2 aromatic rings. The molecule has 0 aliphatic carbocycles. The fraction of sp³-hybridized carbons (Fsp3) is 0.294. The number of aliphatic hydroxyl groups is 1. The van der Waals surface area contributed by atoms with Gasteiger partial charge in [-0.25, -0.2) is 0 Å². The van der Waals surface area contributed by atoms with Gasteiger partial charge in [0.1, 0.15) is 0 Å². The predicted octanol–water partition coefficient (Wildman–Crippen LogP) is 3.58. The summed E-state index contributed by atoms with van der Waals surface area (Å²) in [6, 6.07) is 8.04. The Labute approximate surface area is 146 Å². The molecule has 1 aromatic carbocycles. The molecule has 4 nitrogen and oxygen atoms in total. The summed E-state index contributed by atoms with van der Waals surface area (Å²) in [5, 5.41) is 14.1. The molecule has 8 heteroatoms. The van der Waals surface area contributed by atoms with Crippen molar-refractivity contribution in [2.45, 2.75) is 25.1 Å². The number of halogens is 3. The number of hydrogen-bond donors (Lipinski definition) is 2. The molecule has 0 saturated carbocycles. The molecule has 134 valence electrons. The third-order valence-corrected chi connectivity index (χ3v) is 4.40. The first-order valence-electron chi connectivity index (χ1n) is 7.46. The highest BCUT2D eigenvalue weighted by Crippen LogP contribution is 2.34. The Morgan fingerprint density at radius 1 is 1.12 bits per heavy atom. The first-order chi connectivity index (χ1) is 11.8. The van der Waals surface area contributed by atoms with E-state index in [1.165, 1.54) is 29.5 Å². The van der Waals surface area contributed by atoms with Gasteiger partial charge in [-0.15, -0.1) is 11.3 Å². The minimum atomic E-state index is -4.59. The van der Waals surface area contributed by atoms with Crippen molar-refractivity contribution in [3.63, 3.8) is 0 Å². The zero-order valence-corrected chi connectivity index (χ0v) is 13.9. The van der Waals surface area contributed by atoms with Gasteiger partial charge >= 0.3 is 6.18 Å². The van der Waals surface area contributed by atoms with Crippen LogP contribution < -0.4 is 5.32 Å². The van der Waals surface area contributed by atoms with Crippen LogP contribution in [0.5, 0.6) is 0 Å². The van der Waals surface area contributed by atoms with Crippen molar-refractivity contribution in [3.05, 3.63) is 57.8 Å². The third kappa shape index (κ3) is 5.40. The fourth-order valence-electron chi connectivity index (χ4n) is 2.24. The molecule has 0 saturated heterocycles. The molecule has 2 rings (SSSR count). The second-order valence-corrected chi connectivity index (χ2v) is 6.25. The van der Waals surface area contributed by atoms with Crippen LogP contribution in [0.25, 0.3) is 0 Å². The SMILES string of the molecule is O=C(CCC(=O)c1cccs1)NCC(O)c1ccccc1C(F)(F)F. The van der Waals surface area contributed by atoms with Crippen LogP contribution in [0.2, 0.25) is 0 Å². The zero-order chi connectivity index (χ0) is 18.4. The van der Waals surface area contributed by atoms with Crippen LogP contribution in [0.3, 0.4) is 0 Å². The highest BCUT2D eigenvalue weighted by Gasteiger charge is 2.34. The Bertz CT molecular complexity index is 729. The van der Waals surface area contributed by atoms with Gasteiger partial charge < -0.3 is 10.4 Å². The normalized spacial score (nSPS) is 12.6. The predicted molar refractivity (Wildman–Crippen MR) is 87.3 cm³/mol. The van der Waals surface area contributed by atoms with Gasteiger partial charge in [-0.3, -0.25) is 9.59 Å². The number of hydrogen-bond acceptors (Lipinski definition) is 4. The van der Waals surface area contributed by atoms with E-state index in [9.17, 15) is 27.9 Å². The average molecular weight is 371 g/mol. The van der Waals surface area contributed by atoms with Crippen molar-refractivity contribution in [2.75, 3.05) is 6.54 Å².